The summed E-state index contributed by atoms with van der Waals surface area (Å²) < 4.78 is 11.3. The molecule has 1 saturated carbocycles. The first-order valence-electron chi connectivity index (χ1n) is 5.03. The molecule has 0 aromatic heterocycles. The van der Waals surface area contributed by atoms with Crippen LogP contribution >= 0.6 is 0 Å². The van der Waals surface area contributed by atoms with E-state index < -0.39 is 9.04 Å². The first kappa shape index (κ1) is 8.93. The second-order valence-electron chi connectivity index (χ2n) is 3.97. The van der Waals surface area contributed by atoms with Crippen molar-refractivity contribution in [2.75, 3.05) is 0 Å². The Kier molecular flexibility index (Phi) is 2.69. The molecule has 1 aliphatic heterocycles. The number of rotatable bonds is 3. The van der Waals surface area contributed by atoms with Gasteiger partial charge in [-0.25, -0.2) is 0 Å². The van der Waals surface area contributed by atoms with Crippen molar-refractivity contribution in [2.24, 2.45) is 0 Å². The molecular formula is C8H18O2Si2. The molecule has 0 aromatic rings. The average molecular weight is 202 g/mol. The van der Waals surface area contributed by atoms with Crippen molar-refractivity contribution < 1.29 is 8.85 Å². The maximum absolute atomic E-state index is 5.73. The summed E-state index contributed by atoms with van der Waals surface area (Å²) in [5, 5.41) is 0. The molecule has 0 spiro atoms. The van der Waals surface area contributed by atoms with Crippen LogP contribution in [0.4, 0.5) is 0 Å². The summed E-state index contributed by atoms with van der Waals surface area (Å²) >= 11 is 0. The Labute approximate surface area is 78.9 Å². The van der Waals surface area contributed by atoms with Gasteiger partial charge in [0.05, 0.1) is 12.2 Å². The van der Waals surface area contributed by atoms with Crippen LogP contribution < -0.4 is 0 Å². The highest BCUT2D eigenvalue weighted by atomic mass is 28.3. The summed E-state index contributed by atoms with van der Waals surface area (Å²) in [6.07, 6.45) is 5.30. The summed E-state index contributed by atoms with van der Waals surface area (Å²) in [5.74, 6) is 0. The molecule has 2 fully saturated rings. The molecule has 2 aliphatic rings. The summed E-state index contributed by atoms with van der Waals surface area (Å²) in [5.41, 5.74) is 0.927. The number of hydrogen-bond acceptors (Lipinski definition) is 2. The molecule has 1 aliphatic carbocycles. The lowest BCUT2D eigenvalue weighted by atomic mass is 10.0. The molecule has 0 radical (unpaired) electrons. The molecule has 4 atom stereocenters. The largest absolute Gasteiger partial charge is 0.465 e. The van der Waals surface area contributed by atoms with Crippen LogP contribution in [-0.2, 0) is 8.85 Å². The summed E-state index contributed by atoms with van der Waals surface area (Å²) in [6.45, 7) is 2.29. The van der Waals surface area contributed by atoms with E-state index in [2.05, 4.69) is 6.92 Å². The standard InChI is InChI=1S/C8H18O2Si2/c1-2-12(10-11)6-3-4-7-8(5-6)9-7/h6-8,12H,2-5H2,1,11H3. The van der Waals surface area contributed by atoms with Crippen molar-refractivity contribution in [3.63, 3.8) is 0 Å². The first-order valence-corrected chi connectivity index (χ1v) is 7.80. The third kappa shape index (κ3) is 1.66. The quantitative estimate of drug-likeness (QED) is 0.486. The van der Waals surface area contributed by atoms with E-state index in [1.807, 2.05) is 0 Å². The molecule has 0 aromatic carbocycles. The van der Waals surface area contributed by atoms with Gasteiger partial charge in [-0.05, 0) is 30.8 Å². The van der Waals surface area contributed by atoms with E-state index in [0.717, 1.165) is 16.0 Å². The molecule has 1 heterocycles. The maximum atomic E-state index is 5.73. The number of ether oxygens (including phenoxy) is 1. The highest BCUT2D eigenvalue weighted by Crippen LogP contribution is 2.43. The summed E-state index contributed by atoms with van der Waals surface area (Å²) in [7, 11) is 0.140. The first-order chi connectivity index (χ1) is 5.85. The zero-order valence-corrected chi connectivity index (χ0v) is 11.1. The van der Waals surface area contributed by atoms with Crippen LogP contribution in [0.2, 0.25) is 11.6 Å². The Morgan fingerprint density at radius 2 is 2.33 bits per heavy atom. The Balaban J connectivity index is 1.85. The van der Waals surface area contributed by atoms with E-state index in [-0.39, 0.29) is 0 Å². The third-order valence-electron chi connectivity index (χ3n) is 3.28. The monoisotopic (exact) mass is 202 g/mol. The minimum atomic E-state index is -0.804. The van der Waals surface area contributed by atoms with Crippen molar-refractivity contribution >= 4 is 19.5 Å². The highest BCUT2D eigenvalue weighted by Gasteiger charge is 2.45. The lowest BCUT2D eigenvalue weighted by Gasteiger charge is -2.25. The maximum Gasteiger partial charge on any atom is 0.165 e. The van der Waals surface area contributed by atoms with E-state index >= 15 is 0 Å². The highest BCUT2D eigenvalue weighted by molar-refractivity contribution is 6.57. The lowest BCUT2D eigenvalue weighted by molar-refractivity contribution is 0.372. The van der Waals surface area contributed by atoms with Crippen LogP contribution in [0.3, 0.4) is 0 Å². The second kappa shape index (κ2) is 3.61. The Morgan fingerprint density at radius 3 is 2.92 bits per heavy atom. The van der Waals surface area contributed by atoms with Crippen molar-refractivity contribution in [1.82, 2.24) is 0 Å². The van der Waals surface area contributed by atoms with E-state index in [9.17, 15) is 0 Å². The second-order valence-corrected chi connectivity index (χ2v) is 8.69. The van der Waals surface area contributed by atoms with Gasteiger partial charge in [0.2, 0.25) is 0 Å². The minimum Gasteiger partial charge on any atom is -0.465 e. The van der Waals surface area contributed by atoms with Gasteiger partial charge in [-0.2, -0.15) is 0 Å². The third-order valence-corrected chi connectivity index (χ3v) is 8.16. The fourth-order valence-corrected chi connectivity index (χ4v) is 7.14. The number of fused-ring (bicyclic) bond motifs is 1. The molecule has 0 N–H and O–H groups in total. The van der Waals surface area contributed by atoms with Gasteiger partial charge in [0.15, 0.2) is 9.04 Å². The molecule has 4 heteroatoms. The molecule has 2 rings (SSSR count). The van der Waals surface area contributed by atoms with E-state index in [0.29, 0.717) is 12.2 Å². The van der Waals surface area contributed by atoms with Crippen molar-refractivity contribution in [3.05, 3.63) is 0 Å². The molecule has 1 saturated heterocycles. The number of epoxide rings is 1. The summed E-state index contributed by atoms with van der Waals surface area (Å²) in [6, 6.07) is 1.31. The van der Waals surface area contributed by atoms with Crippen LogP contribution in [0.1, 0.15) is 26.2 Å². The van der Waals surface area contributed by atoms with Crippen molar-refractivity contribution in [1.29, 1.82) is 0 Å². The average Bonchev–Trinajstić information content (AvgIpc) is 2.84. The van der Waals surface area contributed by atoms with Gasteiger partial charge in [-0.15, -0.1) is 0 Å². The Morgan fingerprint density at radius 1 is 1.50 bits per heavy atom. The molecule has 70 valence electrons. The lowest BCUT2D eigenvalue weighted by Crippen LogP contribution is -2.27. The molecule has 0 amide bonds. The molecule has 12 heavy (non-hydrogen) atoms. The molecular weight excluding hydrogens is 184 g/mol. The summed E-state index contributed by atoms with van der Waals surface area (Å²) in [4.78, 5) is 0. The van der Waals surface area contributed by atoms with E-state index in [4.69, 9.17) is 8.85 Å². The fourth-order valence-electron chi connectivity index (χ4n) is 2.47. The van der Waals surface area contributed by atoms with Crippen molar-refractivity contribution in [2.45, 2.75) is 50.0 Å². The zero-order valence-electron chi connectivity index (χ0n) is 7.95. The Hall–Kier alpha value is 0.354. The molecule has 0 bridgehead atoms. The Bertz CT molecular complexity index is 161. The van der Waals surface area contributed by atoms with Crippen LogP contribution in [-0.4, -0.2) is 31.7 Å². The van der Waals surface area contributed by atoms with Gasteiger partial charge < -0.3 is 8.85 Å². The van der Waals surface area contributed by atoms with Crippen LogP contribution in [0.5, 0.6) is 0 Å². The van der Waals surface area contributed by atoms with E-state index in [1.165, 1.54) is 25.3 Å². The van der Waals surface area contributed by atoms with Crippen LogP contribution in [0.15, 0.2) is 0 Å². The minimum absolute atomic E-state index is 0.641. The fraction of sp³-hybridized carbons (Fsp3) is 1.00. The number of hydrogen-bond donors (Lipinski definition) is 0. The van der Waals surface area contributed by atoms with E-state index in [1.54, 1.807) is 0 Å². The SMILES string of the molecule is CC[SiH](O[SiH3])C1CCC2OC2C1. The van der Waals surface area contributed by atoms with Gasteiger partial charge in [-0.1, -0.05) is 6.92 Å². The topological polar surface area (TPSA) is 21.8 Å². The van der Waals surface area contributed by atoms with Crippen LogP contribution in [0, 0.1) is 0 Å². The smallest absolute Gasteiger partial charge is 0.165 e. The van der Waals surface area contributed by atoms with Crippen LogP contribution in [0.25, 0.3) is 0 Å². The van der Waals surface area contributed by atoms with Gasteiger partial charge in [0, 0.05) is 0 Å². The van der Waals surface area contributed by atoms with Gasteiger partial charge in [0.1, 0.15) is 10.5 Å². The molecule has 4 unspecified atom stereocenters. The van der Waals surface area contributed by atoms with Gasteiger partial charge in [0.25, 0.3) is 0 Å². The normalized spacial score (nSPS) is 42.2. The predicted octanol–water partition coefficient (Wildman–Crippen LogP) is 0.349. The van der Waals surface area contributed by atoms with Crippen molar-refractivity contribution in [3.8, 4) is 0 Å². The molecule has 2 nitrogen and oxygen atoms in total. The zero-order chi connectivity index (χ0) is 8.55. The van der Waals surface area contributed by atoms with Gasteiger partial charge in [-0.3, -0.25) is 0 Å². The van der Waals surface area contributed by atoms with Gasteiger partial charge >= 0.3 is 0 Å². The predicted molar refractivity (Wildman–Crippen MR) is 54.9 cm³/mol.